The van der Waals surface area contributed by atoms with Crippen LogP contribution in [0, 0.1) is 0 Å². The van der Waals surface area contributed by atoms with Crippen molar-refractivity contribution in [2.24, 2.45) is 0 Å². The van der Waals surface area contributed by atoms with Crippen molar-refractivity contribution in [3.8, 4) is 0 Å². The quantitative estimate of drug-likeness (QED) is 0.0837. The first-order chi connectivity index (χ1) is 15.9. The van der Waals surface area contributed by atoms with Gasteiger partial charge in [-0.25, -0.2) is 0 Å². The van der Waals surface area contributed by atoms with E-state index in [2.05, 4.69) is 55.4 Å². The number of hydrogen-bond acceptors (Lipinski definition) is 4. The molecule has 0 aliphatic rings. The summed E-state index contributed by atoms with van der Waals surface area (Å²) in [6.07, 6.45) is 11.4. The Morgan fingerprint density at radius 3 is 0.909 bits per heavy atom. The zero-order chi connectivity index (χ0) is 25.1. The molecule has 0 aliphatic heterocycles. The molecule has 0 bridgehead atoms. The van der Waals surface area contributed by atoms with Gasteiger partial charge in [0.2, 0.25) is 0 Å². The average Bonchev–Trinajstić information content (AvgIpc) is 2.75. The molecule has 0 saturated heterocycles. The van der Waals surface area contributed by atoms with Gasteiger partial charge in [0, 0.05) is 0 Å². The molecule has 0 heterocycles. The normalized spacial score (nSPS) is 13.1. The second-order valence-electron chi connectivity index (χ2n) is 9.97. The minimum atomic E-state index is -4.23. The third-order valence-electron chi connectivity index (χ3n) is 6.47. The van der Waals surface area contributed by atoms with Gasteiger partial charge in [-0.05, 0) is 0 Å². The van der Waals surface area contributed by atoms with Gasteiger partial charge in [0.25, 0.3) is 0 Å². The molecule has 0 atom stereocenters. The van der Waals surface area contributed by atoms with Crippen molar-refractivity contribution in [3.63, 3.8) is 0 Å². The van der Waals surface area contributed by atoms with Crippen LogP contribution in [0.4, 0.5) is 0 Å². The van der Waals surface area contributed by atoms with Gasteiger partial charge >= 0.3 is 218 Å². The summed E-state index contributed by atoms with van der Waals surface area (Å²) in [6.45, 7) is 19.8. The van der Waals surface area contributed by atoms with Crippen LogP contribution in [-0.4, -0.2) is 29.8 Å². The molecule has 0 saturated carbocycles. The Kier molecular flexibility index (Phi) is 21.0. The number of rotatable bonds is 24. The van der Waals surface area contributed by atoms with E-state index in [0.29, 0.717) is 0 Å². The molecule has 4 nitrogen and oxygen atoms in total. The van der Waals surface area contributed by atoms with Gasteiger partial charge in [-0.15, -0.1) is 0 Å². The van der Waals surface area contributed by atoms with Gasteiger partial charge in [-0.1, -0.05) is 0 Å². The van der Waals surface area contributed by atoms with E-state index in [9.17, 15) is 0 Å². The van der Waals surface area contributed by atoms with Crippen LogP contribution in [-0.2, 0) is 32.7 Å². The zero-order valence-corrected chi connectivity index (χ0v) is 28.3. The summed E-state index contributed by atoms with van der Waals surface area (Å²) < 4.78 is 28.5. The maximum atomic E-state index is 7.45. The molecule has 0 spiro atoms. The van der Waals surface area contributed by atoms with Crippen LogP contribution >= 0.6 is 0 Å². The van der Waals surface area contributed by atoms with Crippen molar-refractivity contribution in [1.29, 1.82) is 0 Å². The first kappa shape index (κ1) is 34.2. The van der Waals surface area contributed by atoms with E-state index in [-0.39, 0.29) is 0 Å². The van der Waals surface area contributed by atoms with Crippen molar-refractivity contribution in [1.82, 2.24) is 0 Å². The van der Waals surface area contributed by atoms with Gasteiger partial charge in [0.15, 0.2) is 0 Å². The van der Waals surface area contributed by atoms with Gasteiger partial charge in [-0.2, -0.15) is 0 Å². The molecule has 0 aromatic rings. The Morgan fingerprint density at radius 1 is 0.424 bits per heavy atom. The summed E-state index contributed by atoms with van der Waals surface area (Å²) in [7, 11) is -3.96. The van der Waals surface area contributed by atoms with Crippen LogP contribution in [0.2, 0.25) is 36.3 Å². The second kappa shape index (κ2) is 20.2. The molecule has 0 fully saturated rings. The zero-order valence-electron chi connectivity index (χ0n) is 23.9. The van der Waals surface area contributed by atoms with Crippen LogP contribution in [0.25, 0.3) is 0 Å². The number of unbranched alkanes of at least 4 members (excludes halogenated alkanes) is 2. The molecule has 33 heavy (non-hydrogen) atoms. The van der Waals surface area contributed by atoms with E-state index in [1.807, 2.05) is 0 Å². The third-order valence-corrected chi connectivity index (χ3v) is 29.1. The molecule has 0 aromatic carbocycles. The number of hydrogen-bond donors (Lipinski definition) is 0. The van der Waals surface area contributed by atoms with Crippen molar-refractivity contribution < 1.29 is 32.7 Å². The van der Waals surface area contributed by atoms with Crippen molar-refractivity contribution in [2.45, 2.75) is 156 Å². The Hall–Kier alpha value is 1.16. The van der Waals surface area contributed by atoms with E-state index in [1.54, 1.807) is 0 Å². The molecule has 0 aliphatic carbocycles. The summed E-state index contributed by atoms with van der Waals surface area (Å²) >= 11 is -4.23. The van der Waals surface area contributed by atoms with Crippen LogP contribution in [0.15, 0.2) is 0 Å². The van der Waals surface area contributed by atoms with Crippen molar-refractivity contribution >= 4 is 16.6 Å². The molecule has 0 N–H and O–H groups in total. The van der Waals surface area contributed by atoms with Crippen LogP contribution < -0.4 is 0 Å². The summed E-state index contributed by atoms with van der Waals surface area (Å²) in [5.41, 5.74) is 0. The minimum absolute atomic E-state index is 0.725. The summed E-state index contributed by atoms with van der Waals surface area (Å²) in [5, 5.41) is 0. The van der Waals surface area contributed by atoms with E-state index in [1.165, 1.54) is 74.8 Å². The summed E-state index contributed by atoms with van der Waals surface area (Å²) in [4.78, 5) is 0. The first-order valence-corrected chi connectivity index (χ1v) is 23.7. The van der Waals surface area contributed by atoms with Gasteiger partial charge in [0.05, 0.1) is 0 Å². The Labute approximate surface area is 217 Å². The SMILES string of the molecule is CCCC[O][Zr]([O]CCCC)([O][Si](CCC)(CCC)CCC)[O][Si](CCC)(CCC)CCC. The van der Waals surface area contributed by atoms with Crippen LogP contribution in [0.1, 0.15) is 120 Å². The molecule has 0 radical (unpaired) electrons. The van der Waals surface area contributed by atoms with Gasteiger partial charge < -0.3 is 0 Å². The van der Waals surface area contributed by atoms with E-state index >= 15 is 0 Å². The first-order valence-electron chi connectivity index (χ1n) is 14.6. The molecule has 7 heteroatoms. The van der Waals surface area contributed by atoms with Crippen molar-refractivity contribution in [3.05, 3.63) is 0 Å². The van der Waals surface area contributed by atoms with Crippen LogP contribution in [0.3, 0.4) is 0 Å². The molecule has 0 rings (SSSR count). The molecule has 0 aromatic heterocycles. The van der Waals surface area contributed by atoms with E-state index < -0.39 is 38.7 Å². The standard InChI is InChI=1S/2C9H21OSi.2C4H9O.Zr/c2*1-4-7-11(10,8-5-2)9-6-3;2*1-2-3-4-5;/h2*4-9H2,1-3H3;2*2-4H2,1H3;/q4*-1;+4. The maximum absolute atomic E-state index is 7.45. The molecular weight excluding hydrogens is 524 g/mol. The van der Waals surface area contributed by atoms with Gasteiger partial charge in [-0.3, -0.25) is 0 Å². The second-order valence-corrected chi connectivity index (χ2v) is 25.0. The van der Waals surface area contributed by atoms with Gasteiger partial charge in [0.1, 0.15) is 0 Å². The molecule has 200 valence electrons. The fraction of sp³-hybridized carbons (Fsp3) is 1.00. The van der Waals surface area contributed by atoms with Crippen molar-refractivity contribution in [2.75, 3.05) is 13.2 Å². The predicted octanol–water partition coefficient (Wildman–Crippen LogP) is 9.82. The average molecular weight is 584 g/mol. The Balaban J connectivity index is 6.43. The Bertz CT molecular complexity index is 380. The molecule has 0 unspecified atom stereocenters. The monoisotopic (exact) mass is 582 g/mol. The summed E-state index contributed by atoms with van der Waals surface area (Å²) in [5.74, 6) is 0. The van der Waals surface area contributed by atoms with E-state index in [4.69, 9.17) is 10.6 Å². The predicted molar refractivity (Wildman–Crippen MR) is 146 cm³/mol. The fourth-order valence-corrected chi connectivity index (χ4v) is 31.4. The molecular formula is C26H60O4Si2Zr. The topological polar surface area (TPSA) is 36.9 Å². The molecule has 0 amide bonds. The Morgan fingerprint density at radius 2 is 0.697 bits per heavy atom. The summed E-state index contributed by atoms with van der Waals surface area (Å²) in [6, 6.07) is 7.22. The fourth-order valence-electron chi connectivity index (χ4n) is 5.18. The van der Waals surface area contributed by atoms with E-state index in [0.717, 1.165) is 38.9 Å². The third kappa shape index (κ3) is 13.3. The van der Waals surface area contributed by atoms with Crippen LogP contribution in [0.5, 0.6) is 0 Å².